The molecule has 0 spiro atoms. The average molecular weight is 200 g/mol. The molecule has 0 N–H and O–H groups in total. The molecule has 0 aromatic heterocycles. The van der Waals surface area contributed by atoms with Crippen LogP contribution in [-0.2, 0) is 0 Å². The Balaban J connectivity index is 3.67. The zero-order valence-electron chi connectivity index (χ0n) is 10.1. The van der Waals surface area contributed by atoms with Crippen molar-refractivity contribution in [3.05, 3.63) is 0 Å². The van der Waals surface area contributed by atoms with Gasteiger partial charge >= 0.3 is 0 Å². The van der Waals surface area contributed by atoms with Crippen molar-refractivity contribution in [1.29, 1.82) is 0 Å². The summed E-state index contributed by atoms with van der Waals surface area (Å²) in [5.74, 6) is 1.07. The Morgan fingerprint density at radius 3 is 2.00 bits per heavy atom. The molecule has 1 heteroatoms. The SMILES string of the molecule is CCCCC(CC)C[SiH](CC)CC. The second-order valence-electron chi connectivity index (χ2n) is 4.33. The first-order valence-electron chi connectivity index (χ1n) is 6.28. The summed E-state index contributed by atoms with van der Waals surface area (Å²) in [6.45, 7) is 9.47. The Hall–Kier alpha value is 0.217. The fraction of sp³-hybridized carbons (Fsp3) is 1.00. The average Bonchev–Trinajstić information content (AvgIpc) is 2.19. The molecular formula is C12H28Si. The first-order valence-corrected chi connectivity index (χ1v) is 8.73. The largest absolute Gasteiger partial charge is 0.0680 e. The van der Waals surface area contributed by atoms with E-state index in [1.165, 1.54) is 37.8 Å². The van der Waals surface area contributed by atoms with Gasteiger partial charge in [0.15, 0.2) is 0 Å². The lowest BCUT2D eigenvalue weighted by Gasteiger charge is -2.19. The Kier molecular flexibility index (Phi) is 8.95. The first kappa shape index (κ1) is 13.2. The molecule has 0 radical (unpaired) electrons. The predicted molar refractivity (Wildman–Crippen MR) is 66.2 cm³/mol. The van der Waals surface area contributed by atoms with Crippen LogP contribution in [0.3, 0.4) is 0 Å². The molecular weight excluding hydrogens is 172 g/mol. The van der Waals surface area contributed by atoms with Crippen LogP contribution < -0.4 is 0 Å². The zero-order valence-corrected chi connectivity index (χ0v) is 11.3. The summed E-state index contributed by atoms with van der Waals surface area (Å²) in [6.07, 6.45) is 5.74. The highest BCUT2D eigenvalue weighted by atomic mass is 28.3. The molecule has 0 saturated heterocycles. The molecule has 0 heterocycles. The Labute approximate surface area is 86.7 Å². The minimum absolute atomic E-state index is 0.310. The van der Waals surface area contributed by atoms with Crippen molar-refractivity contribution in [3.8, 4) is 0 Å². The second-order valence-corrected chi connectivity index (χ2v) is 8.17. The van der Waals surface area contributed by atoms with E-state index in [1.807, 2.05) is 0 Å². The summed E-state index contributed by atoms with van der Waals surface area (Å²) >= 11 is 0. The summed E-state index contributed by atoms with van der Waals surface area (Å²) in [4.78, 5) is 0. The van der Waals surface area contributed by atoms with Gasteiger partial charge in [0, 0.05) is 8.80 Å². The molecule has 0 rings (SSSR count). The van der Waals surface area contributed by atoms with Gasteiger partial charge in [0.25, 0.3) is 0 Å². The van der Waals surface area contributed by atoms with Gasteiger partial charge in [0.1, 0.15) is 0 Å². The van der Waals surface area contributed by atoms with Crippen LogP contribution in [0.4, 0.5) is 0 Å². The normalized spacial score (nSPS) is 13.6. The smallest absolute Gasteiger partial charge is 0.0365 e. The van der Waals surface area contributed by atoms with Crippen LogP contribution in [0.1, 0.15) is 53.4 Å². The van der Waals surface area contributed by atoms with Crippen LogP contribution in [0.15, 0.2) is 0 Å². The van der Waals surface area contributed by atoms with Crippen LogP contribution >= 0.6 is 0 Å². The van der Waals surface area contributed by atoms with Crippen molar-refractivity contribution < 1.29 is 0 Å². The van der Waals surface area contributed by atoms with Gasteiger partial charge in [-0.05, 0) is 5.92 Å². The minimum atomic E-state index is -0.310. The first-order chi connectivity index (χ1) is 6.28. The maximum Gasteiger partial charge on any atom is 0.0365 e. The van der Waals surface area contributed by atoms with Crippen molar-refractivity contribution >= 4 is 8.80 Å². The van der Waals surface area contributed by atoms with Crippen molar-refractivity contribution in [2.24, 2.45) is 5.92 Å². The van der Waals surface area contributed by atoms with Crippen molar-refractivity contribution in [1.82, 2.24) is 0 Å². The molecule has 0 nitrogen and oxygen atoms in total. The number of hydrogen-bond donors (Lipinski definition) is 0. The highest BCUT2D eigenvalue weighted by Crippen LogP contribution is 2.21. The number of rotatable bonds is 8. The lowest BCUT2D eigenvalue weighted by Crippen LogP contribution is -2.14. The quantitative estimate of drug-likeness (QED) is 0.507. The molecule has 0 fully saturated rings. The molecule has 1 atom stereocenters. The molecule has 80 valence electrons. The molecule has 0 aliphatic rings. The van der Waals surface area contributed by atoms with E-state index in [1.54, 1.807) is 6.04 Å². The van der Waals surface area contributed by atoms with E-state index in [0.717, 1.165) is 5.92 Å². The summed E-state index contributed by atoms with van der Waals surface area (Å²) in [5.41, 5.74) is 0. The van der Waals surface area contributed by atoms with Gasteiger partial charge < -0.3 is 0 Å². The molecule has 0 aliphatic carbocycles. The molecule has 0 amide bonds. The Morgan fingerprint density at radius 1 is 1.00 bits per heavy atom. The van der Waals surface area contributed by atoms with Gasteiger partial charge in [-0.1, -0.05) is 71.5 Å². The van der Waals surface area contributed by atoms with E-state index in [4.69, 9.17) is 0 Å². The molecule has 0 aliphatic heterocycles. The Morgan fingerprint density at radius 2 is 1.62 bits per heavy atom. The van der Waals surface area contributed by atoms with E-state index >= 15 is 0 Å². The summed E-state index contributed by atoms with van der Waals surface area (Å²) in [5, 5.41) is 0. The van der Waals surface area contributed by atoms with Crippen LogP contribution in [0.25, 0.3) is 0 Å². The van der Waals surface area contributed by atoms with E-state index < -0.39 is 0 Å². The fourth-order valence-electron chi connectivity index (χ4n) is 2.07. The standard InChI is InChI=1S/C12H28Si/c1-5-9-10-12(6-2)11-13(7-3)8-4/h12-13H,5-11H2,1-4H3. The van der Waals surface area contributed by atoms with Gasteiger partial charge in [0.05, 0.1) is 0 Å². The number of unbranched alkanes of at least 4 members (excludes halogenated alkanes) is 1. The van der Waals surface area contributed by atoms with E-state index in [0.29, 0.717) is 0 Å². The third-order valence-corrected chi connectivity index (χ3v) is 7.01. The van der Waals surface area contributed by atoms with Crippen LogP contribution in [-0.4, -0.2) is 8.80 Å². The molecule has 0 bridgehead atoms. The summed E-state index contributed by atoms with van der Waals surface area (Å²) in [7, 11) is -0.310. The van der Waals surface area contributed by atoms with Crippen LogP contribution in [0, 0.1) is 5.92 Å². The third-order valence-electron chi connectivity index (χ3n) is 3.36. The Bertz CT molecular complexity index is 97.3. The van der Waals surface area contributed by atoms with E-state index in [-0.39, 0.29) is 8.80 Å². The monoisotopic (exact) mass is 200 g/mol. The second kappa shape index (κ2) is 8.80. The molecule has 13 heavy (non-hydrogen) atoms. The molecule has 0 saturated carbocycles. The van der Waals surface area contributed by atoms with E-state index in [9.17, 15) is 0 Å². The van der Waals surface area contributed by atoms with Crippen LogP contribution in [0.5, 0.6) is 0 Å². The van der Waals surface area contributed by atoms with Crippen LogP contribution in [0.2, 0.25) is 18.1 Å². The fourth-order valence-corrected chi connectivity index (χ4v) is 4.83. The van der Waals surface area contributed by atoms with Gasteiger partial charge in [0.2, 0.25) is 0 Å². The molecule has 1 unspecified atom stereocenters. The van der Waals surface area contributed by atoms with Gasteiger partial charge in [-0.3, -0.25) is 0 Å². The highest BCUT2D eigenvalue weighted by Gasteiger charge is 2.12. The molecule has 0 aromatic rings. The summed E-state index contributed by atoms with van der Waals surface area (Å²) in [6, 6.07) is 4.64. The van der Waals surface area contributed by atoms with Gasteiger partial charge in [-0.25, -0.2) is 0 Å². The van der Waals surface area contributed by atoms with Gasteiger partial charge in [-0.15, -0.1) is 0 Å². The van der Waals surface area contributed by atoms with Crippen molar-refractivity contribution in [3.63, 3.8) is 0 Å². The topological polar surface area (TPSA) is 0 Å². The highest BCUT2D eigenvalue weighted by molar-refractivity contribution is 6.58. The third kappa shape index (κ3) is 6.31. The lowest BCUT2D eigenvalue weighted by atomic mass is 10.0. The molecule has 0 aromatic carbocycles. The predicted octanol–water partition coefficient (Wildman–Crippen LogP) is 4.47. The number of hydrogen-bond acceptors (Lipinski definition) is 0. The lowest BCUT2D eigenvalue weighted by molar-refractivity contribution is 0.487. The zero-order chi connectivity index (χ0) is 10.1. The maximum absolute atomic E-state index is 2.40. The van der Waals surface area contributed by atoms with Gasteiger partial charge in [-0.2, -0.15) is 0 Å². The summed E-state index contributed by atoms with van der Waals surface area (Å²) < 4.78 is 0. The van der Waals surface area contributed by atoms with Crippen molar-refractivity contribution in [2.45, 2.75) is 71.5 Å². The van der Waals surface area contributed by atoms with Crippen molar-refractivity contribution in [2.75, 3.05) is 0 Å². The maximum atomic E-state index is 2.40. The van der Waals surface area contributed by atoms with E-state index in [2.05, 4.69) is 27.7 Å². The minimum Gasteiger partial charge on any atom is -0.0680 e.